The van der Waals surface area contributed by atoms with E-state index in [9.17, 15) is 18.0 Å². The molecule has 0 fully saturated rings. The molecule has 6 nitrogen and oxygen atoms in total. The van der Waals surface area contributed by atoms with Crippen LogP contribution < -0.4 is 4.72 Å². The van der Waals surface area contributed by atoms with E-state index in [0.29, 0.717) is 0 Å². The molecule has 0 spiro atoms. The van der Waals surface area contributed by atoms with Crippen LogP contribution in [0.5, 0.6) is 0 Å². The lowest BCUT2D eigenvalue weighted by atomic mass is 10.2. The molecule has 0 saturated heterocycles. The number of ether oxygens (including phenoxy) is 1. The SMILES string of the molecule is CC(=O)COC(=O)CNS(=O)(=O)/C=C/c1ccc(C)cc1. The number of ketones is 1. The van der Waals surface area contributed by atoms with Gasteiger partial charge in [0.1, 0.15) is 13.2 Å². The van der Waals surface area contributed by atoms with Gasteiger partial charge >= 0.3 is 5.97 Å². The number of hydrogen-bond acceptors (Lipinski definition) is 5. The highest BCUT2D eigenvalue weighted by molar-refractivity contribution is 7.92. The van der Waals surface area contributed by atoms with E-state index in [0.717, 1.165) is 16.5 Å². The zero-order valence-corrected chi connectivity index (χ0v) is 12.6. The van der Waals surface area contributed by atoms with Gasteiger partial charge in [0.2, 0.25) is 10.0 Å². The second-order valence-electron chi connectivity index (χ2n) is 4.44. The number of hydrogen-bond donors (Lipinski definition) is 1. The number of esters is 1. The second-order valence-corrected chi connectivity index (χ2v) is 6.09. The van der Waals surface area contributed by atoms with Crippen molar-refractivity contribution in [2.24, 2.45) is 0 Å². The third-order valence-electron chi connectivity index (χ3n) is 2.37. The van der Waals surface area contributed by atoms with Gasteiger partial charge in [-0.05, 0) is 25.5 Å². The fourth-order valence-corrected chi connectivity index (χ4v) is 2.04. The molecule has 0 atom stereocenters. The van der Waals surface area contributed by atoms with E-state index in [1.807, 2.05) is 19.1 Å². The maximum absolute atomic E-state index is 11.6. The number of sulfonamides is 1. The van der Waals surface area contributed by atoms with E-state index in [1.54, 1.807) is 12.1 Å². The molecule has 1 aromatic carbocycles. The molecule has 0 aliphatic heterocycles. The summed E-state index contributed by atoms with van der Waals surface area (Å²) in [6.45, 7) is 2.31. The maximum Gasteiger partial charge on any atom is 0.321 e. The van der Waals surface area contributed by atoms with Crippen molar-refractivity contribution in [1.82, 2.24) is 4.72 Å². The summed E-state index contributed by atoms with van der Waals surface area (Å²) >= 11 is 0. The normalized spacial score (nSPS) is 11.5. The Morgan fingerprint density at radius 3 is 2.43 bits per heavy atom. The highest BCUT2D eigenvalue weighted by Crippen LogP contribution is 2.05. The number of rotatable bonds is 7. The van der Waals surface area contributed by atoms with E-state index in [4.69, 9.17) is 0 Å². The molecule has 21 heavy (non-hydrogen) atoms. The lowest BCUT2D eigenvalue weighted by molar-refractivity contribution is -0.146. The molecule has 0 aliphatic rings. The molecule has 1 N–H and O–H groups in total. The predicted molar refractivity (Wildman–Crippen MR) is 78.8 cm³/mol. The van der Waals surface area contributed by atoms with Crippen molar-refractivity contribution in [2.75, 3.05) is 13.2 Å². The molecule has 0 unspecified atom stereocenters. The maximum atomic E-state index is 11.6. The lowest BCUT2D eigenvalue weighted by Crippen LogP contribution is -2.30. The number of aryl methyl sites for hydroxylation is 1. The van der Waals surface area contributed by atoms with E-state index >= 15 is 0 Å². The van der Waals surface area contributed by atoms with Crippen molar-refractivity contribution in [3.8, 4) is 0 Å². The van der Waals surface area contributed by atoms with Crippen LogP contribution in [0, 0.1) is 6.92 Å². The van der Waals surface area contributed by atoms with Crippen LogP contribution in [0.2, 0.25) is 0 Å². The first kappa shape index (κ1) is 17.1. The average molecular weight is 311 g/mol. The molecule has 1 rings (SSSR count). The third-order valence-corrected chi connectivity index (χ3v) is 3.41. The molecule has 114 valence electrons. The molecule has 0 radical (unpaired) electrons. The number of Topliss-reactive ketones (excluding diaryl/α,β-unsaturated/α-hetero) is 1. The van der Waals surface area contributed by atoms with Crippen LogP contribution >= 0.6 is 0 Å². The minimum Gasteiger partial charge on any atom is -0.457 e. The molecule has 0 amide bonds. The van der Waals surface area contributed by atoms with Gasteiger partial charge in [0.05, 0.1) is 0 Å². The lowest BCUT2D eigenvalue weighted by Gasteiger charge is -2.03. The van der Waals surface area contributed by atoms with Gasteiger partial charge < -0.3 is 4.74 Å². The molecule has 0 bridgehead atoms. The van der Waals surface area contributed by atoms with Crippen molar-refractivity contribution in [1.29, 1.82) is 0 Å². The van der Waals surface area contributed by atoms with Gasteiger partial charge in [-0.1, -0.05) is 29.8 Å². The zero-order chi connectivity index (χ0) is 15.9. The Kier molecular flexibility index (Phi) is 6.26. The van der Waals surface area contributed by atoms with Gasteiger partial charge in [-0.3, -0.25) is 9.59 Å². The smallest absolute Gasteiger partial charge is 0.321 e. The third kappa shape index (κ3) is 7.38. The summed E-state index contributed by atoms with van der Waals surface area (Å²) in [5.74, 6) is -1.12. The van der Waals surface area contributed by atoms with Gasteiger partial charge in [0, 0.05) is 5.41 Å². The van der Waals surface area contributed by atoms with Crippen molar-refractivity contribution in [3.63, 3.8) is 0 Å². The number of benzene rings is 1. The molecular formula is C14H17NO5S. The fraction of sp³-hybridized carbons (Fsp3) is 0.286. The van der Waals surface area contributed by atoms with Gasteiger partial charge in [-0.15, -0.1) is 0 Å². The predicted octanol–water partition coefficient (Wildman–Crippen LogP) is 1.02. The molecule has 0 aromatic heterocycles. The highest BCUT2D eigenvalue weighted by Gasteiger charge is 2.10. The van der Waals surface area contributed by atoms with Crippen molar-refractivity contribution in [3.05, 3.63) is 40.8 Å². The second kappa shape index (κ2) is 7.70. The van der Waals surface area contributed by atoms with Gasteiger partial charge in [-0.25, -0.2) is 13.1 Å². The van der Waals surface area contributed by atoms with Crippen LogP contribution in [-0.4, -0.2) is 33.3 Å². The first-order valence-corrected chi connectivity index (χ1v) is 7.72. The largest absolute Gasteiger partial charge is 0.457 e. The van der Waals surface area contributed by atoms with Gasteiger partial charge in [0.15, 0.2) is 5.78 Å². The zero-order valence-electron chi connectivity index (χ0n) is 11.8. The molecule has 0 saturated carbocycles. The van der Waals surface area contributed by atoms with Crippen LogP contribution in [0.3, 0.4) is 0 Å². The molecule has 0 heterocycles. The first-order chi connectivity index (χ1) is 9.78. The topological polar surface area (TPSA) is 89.5 Å². The Morgan fingerprint density at radius 1 is 1.24 bits per heavy atom. The Morgan fingerprint density at radius 2 is 1.86 bits per heavy atom. The van der Waals surface area contributed by atoms with Crippen molar-refractivity contribution >= 4 is 27.9 Å². The Labute approximate surface area is 123 Å². The Balaban J connectivity index is 2.52. The van der Waals surface area contributed by atoms with Crippen LogP contribution in [0.25, 0.3) is 6.08 Å². The highest BCUT2D eigenvalue weighted by atomic mass is 32.2. The number of nitrogens with one attached hydrogen (secondary N) is 1. The van der Waals surface area contributed by atoms with Crippen LogP contribution in [0.15, 0.2) is 29.7 Å². The molecular weight excluding hydrogens is 294 g/mol. The molecule has 0 aliphatic carbocycles. The summed E-state index contributed by atoms with van der Waals surface area (Å²) in [7, 11) is -3.74. The van der Waals surface area contributed by atoms with E-state index < -0.39 is 22.5 Å². The Bertz CT molecular complexity index is 632. The monoisotopic (exact) mass is 311 g/mol. The first-order valence-electron chi connectivity index (χ1n) is 6.18. The summed E-state index contributed by atoms with van der Waals surface area (Å²) in [4.78, 5) is 21.8. The summed E-state index contributed by atoms with van der Waals surface area (Å²) in [6.07, 6.45) is 1.42. The van der Waals surface area contributed by atoms with E-state index in [-0.39, 0.29) is 12.4 Å². The number of carbonyl (C=O) groups excluding carboxylic acids is 2. The van der Waals surface area contributed by atoms with Crippen molar-refractivity contribution in [2.45, 2.75) is 13.8 Å². The van der Waals surface area contributed by atoms with Crippen LogP contribution in [0.1, 0.15) is 18.1 Å². The quantitative estimate of drug-likeness (QED) is 0.759. The summed E-state index contributed by atoms with van der Waals surface area (Å²) < 4.78 is 29.9. The fourth-order valence-electron chi connectivity index (χ4n) is 1.29. The standard InChI is InChI=1S/C14H17NO5S/c1-11-3-5-13(6-4-11)7-8-21(18,19)15-9-14(17)20-10-12(2)16/h3-8,15H,9-10H2,1-2H3/b8-7+. The summed E-state index contributed by atoms with van der Waals surface area (Å²) in [6, 6.07) is 7.28. The summed E-state index contributed by atoms with van der Waals surface area (Å²) in [5, 5.41) is 0.968. The van der Waals surface area contributed by atoms with Crippen LogP contribution in [-0.2, 0) is 24.3 Å². The van der Waals surface area contributed by atoms with Crippen LogP contribution in [0.4, 0.5) is 0 Å². The van der Waals surface area contributed by atoms with Gasteiger partial charge in [-0.2, -0.15) is 0 Å². The Hall–Kier alpha value is -1.99. The molecule has 7 heteroatoms. The number of carbonyl (C=O) groups is 2. The van der Waals surface area contributed by atoms with E-state index in [2.05, 4.69) is 9.46 Å². The minimum absolute atomic E-state index is 0.314. The summed E-state index contributed by atoms with van der Waals surface area (Å²) in [5.41, 5.74) is 1.80. The minimum atomic E-state index is -3.74. The van der Waals surface area contributed by atoms with Crippen molar-refractivity contribution < 1.29 is 22.7 Å². The van der Waals surface area contributed by atoms with Gasteiger partial charge in [0.25, 0.3) is 0 Å². The average Bonchev–Trinajstić information content (AvgIpc) is 2.42. The molecule has 1 aromatic rings. The van der Waals surface area contributed by atoms with E-state index in [1.165, 1.54) is 13.0 Å².